The van der Waals surface area contributed by atoms with Crippen LogP contribution < -0.4 is 11.2 Å². The van der Waals surface area contributed by atoms with Gasteiger partial charge in [-0.3, -0.25) is 13.9 Å². The van der Waals surface area contributed by atoms with E-state index in [0.717, 1.165) is 12.8 Å². The van der Waals surface area contributed by atoms with Gasteiger partial charge in [0, 0.05) is 25.9 Å². The van der Waals surface area contributed by atoms with Crippen molar-refractivity contribution in [3.8, 4) is 5.75 Å². The van der Waals surface area contributed by atoms with E-state index in [2.05, 4.69) is 15.1 Å². The molecule has 0 aliphatic carbocycles. The van der Waals surface area contributed by atoms with Gasteiger partial charge in [0.25, 0.3) is 5.56 Å². The van der Waals surface area contributed by atoms with Crippen molar-refractivity contribution in [3.05, 3.63) is 67.7 Å². The molecule has 0 saturated carbocycles. The van der Waals surface area contributed by atoms with Crippen LogP contribution in [-0.4, -0.2) is 29.6 Å². The van der Waals surface area contributed by atoms with Gasteiger partial charge in [0.2, 0.25) is 5.89 Å². The standard InChI is InChI=1S/C22H23ClFN5O4/c1-2-3-8-28-20-14(12-17(23)25-20)21(31)29(22(28)32)9-4-5-18-26-19(33-27-18)11-13-6-7-16(30)15(24)10-13/h6-7,10,30H,2-5,8-9,11-12H2,1H3. The molecule has 33 heavy (non-hydrogen) atoms. The van der Waals surface area contributed by atoms with Gasteiger partial charge >= 0.3 is 5.69 Å². The van der Waals surface area contributed by atoms with Crippen molar-refractivity contribution in [3.63, 3.8) is 0 Å². The van der Waals surface area contributed by atoms with Gasteiger partial charge in [0.15, 0.2) is 17.4 Å². The summed E-state index contributed by atoms with van der Waals surface area (Å²) < 4.78 is 21.5. The third-order valence-electron chi connectivity index (χ3n) is 5.44. The van der Waals surface area contributed by atoms with Gasteiger partial charge in [-0.2, -0.15) is 4.98 Å². The molecular formula is C22H23ClFN5O4. The summed E-state index contributed by atoms with van der Waals surface area (Å²) in [5, 5.41) is 13.5. The molecule has 3 heterocycles. The lowest BCUT2D eigenvalue weighted by molar-refractivity contribution is 0.377. The van der Waals surface area contributed by atoms with Gasteiger partial charge < -0.3 is 9.63 Å². The van der Waals surface area contributed by atoms with Gasteiger partial charge in [0.05, 0.1) is 12.0 Å². The van der Waals surface area contributed by atoms with Crippen LogP contribution in [0, 0.1) is 5.82 Å². The Bertz CT molecular complexity index is 1330. The number of rotatable bonds is 9. The van der Waals surface area contributed by atoms with Gasteiger partial charge in [-0.1, -0.05) is 36.2 Å². The van der Waals surface area contributed by atoms with E-state index in [1.54, 1.807) is 6.07 Å². The Balaban J connectivity index is 1.45. The maximum atomic E-state index is 13.5. The number of hydrogen-bond donors (Lipinski definition) is 1. The molecule has 1 N–H and O–H groups in total. The van der Waals surface area contributed by atoms with Crippen molar-refractivity contribution in [2.45, 2.75) is 58.5 Å². The second-order valence-electron chi connectivity index (χ2n) is 7.88. The first-order valence-electron chi connectivity index (χ1n) is 10.8. The lowest BCUT2D eigenvalue weighted by Gasteiger charge is -2.13. The van der Waals surface area contributed by atoms with E-state index in [4.69, 9.17) is 16.1 Å². The number of aliphatic imine (C=N–C) groups is 1. The summed E-state index contributed by atoms with van der Waals surface area (Å²) in [4.78, 5) is 34.3. The molecule has 4 rings (SSSR count). The van der Waals surface area contributed by atoms with Crippen molar-refractivity contribution in [2.24, 2.45) is 4.99 Å². The summed E-state index contributed by atoms with van der Waals surface area (Å²) in [5.74, 6) is -0.0412. The number of phenols is 1. The van der Waals surface area contributed by atoms with Gasteiger partial charge in [-0.05, 0) is 30.5 Å². The molecule has 3 aromatic rings. The SMILES string of the molecule is CCCCn1c2c(c(=O)n(CCCc3noc(Cc4ccc(O)c(F)c4)n3)c1=O)CC(Cl)=N2. The smallest absolute Gasteiger partial charge is 0.332 e. The monoisotopic (exact) mass is 475 g/mol. The van der Waals surface area contributed by atoms with Crippen LogP contribution >= 0.6 is 11.6 Å². The molecule has 0 radical (unpaired) electrons. The Morgan fingerprint density at radius 1 is 1.21 bits per heavy atom. The molecule has 0 atom stereocenters. The topological polar surface area (TPSA) is 116 Å². The van der Waals surface area contributed by atoms with Crippen LogP contribution in [0.15, 0.2) is 37.3 Å². The first kappa shape index (κ1) is 22.9. The van der Waals surface area contributed by atoms with Crippen molar-refractivity contribution in [2.75, 3.05) is 0 Å². The molecule has 0 saturated heterocycles. The summed E-state index contributed by atoms with van der Waals surface area (Å²) in [6.07, 6.45) is 2.97. The average Bonchev–Trinajstić information content (AvgIpc) is 3.39. The molecule has 9 nitrogen and oxygen atoms in total. The lowest BCUT2D eigenvalue weighted by atomic mass is 10.1. The first-order chi connectivity index (χ1) is 15.9. The van der Waals surface area contributed by atoms with Crippen molar-refractivity contribution in [1.82, 2.24) is 19.3 Å². The van der Waals surface area contributed by atoms with Crippen LogP contribution in [0.5, 0.6) is 5.75 Å². The van der Waals surface area contributed by atoms with Crippen LogP contribution in [-0.2, 0) is 32.4 Å². The number of aryl methyl sites for hydroxylation is 1. The van der Waals surface area contributed by atoms with Crippen LogP contribution in [0.1, 0.15) is 49.0 Å². The fourth-order valence-electron chi connectivity index (χ4n) is 3.74. The Hall–Kier alpha value is -3.27. The Kier molecular flexibility index (Phi) is 6.73. The minimum Gasteiger partial charge on any atom is -0.505 e. The highest BCUT2D eigenvalue weighted by Gasteiger charge is 2.24. The highest BCUT2D eigenvalue weighted by molar-refractivity contribution is 6.66. The van der Waals surface area contributed by atoms with Gasteiger partial charge in [0.1, 0.15) is 11.0 Å². The van der Waals surface area contributed by atoms with Crippen LogP contribution in [0.2, 0.25) is 0 Å². The fraction of sp³-hybridized carbons (Fsp3) is 0.409. The van der Waals surface area contributed by atoms with E-state index in [-0.39, 0.29) is 24.9 Å². The zero-order valence-electron chi connectivity index (χ0n) is 18.1. The number of hydrogen-bond acceptors (Lipinski definition) is 7. The molecule has 11 heteroatoms. The molecule has 1 aliphatic rings. The number of aromatic nitrogens is 4. The predicted octanol–water partition coefficient (Wildman–Crippen LogP) is 3.09. The minimum absolute atomic E-state index is 0.196. The third kappa shape index (κ3) is 4.90. The summed E-state index contributed by atoms with van der Waals surface area (Å²) in [5.41, 5.74) is 0.258. The predicted molar refractivity (Wildman–Crippen MR) is 120 cm³/mol. The van der Waals surface area contributed by atoms with Crippen molar-refractivity contribution in [1.29, 1.82) is 0 Å². The summed E-state index contributed by atoms with van der Waals surface area (Å²) in [6, 6.07) is 4.04. The van der Waals surface area contributed by atoms with Crippen molar-refractivity contribution < 1.29 is 14.0 Å². The second kappa shape index (κ2) is 9.70. The highest BCUT2D eigenvalue weighted by atomic mass is 35.5. The number of nitrogens with zero attached hydrogens (tertiary/aromatic N) is 5. The number of benzene rings is 1. The van der Waals surface area contributed by atoms with E-state index >= 15 is 0 Å². The number of unbranched alkanes of at least 4 members (excludes halogenated alkanes) is 1. The molecule has 2 aromatic heterocycles. The Morgan fingerprint density at radius 3 is 2.76 bits per heavy atom. The normalized spacial score (nSPS) is 12.8. The molecule has 1 aromatic carbocycles. The molecular weight excluding hydrogens is 453 g/mol. The van der Waals surface area contributed by atoms with Gasteiger partial charge in [-0.25, -0.2) is 14.2 Å². The number of halogens is 2. The minimum atomic E-state index is -0.719. The molecule has 174 valence electrons. The number of fused-ring (bicyclic) bond motifs is 1. The first-order valence-corrected chi connectivity index (χ1v) is 11.1. The Morgan fingerprint density at radius 2 is 2.00 bits per heavy atom. The zero-order valence-corrected chi connectivity index (χ0v) is 18.8. The van der Waals surface area contributed by atoms with E-state index < -0.39 is 17.3 Å². The molecule has 0 bridgehead atoms. The van der Waals surface area contributed by atoms with Crippen LogP contribution in [0.25, 0.3) is 0 Å². The quantitative estimate of drug-likeness (QED) is 0.508. The zero-order chi connectivity index (χ0) is 23.5. The summed E-state index contributed by atoms with van der Waals surface area (Å²) in [7, 11) is 0. The molecule has 1 aliphatic heterocycles. The molecule has 0 fully saturated rings. The third-order valence-corrected chi connectivity index (χ3v) is 5.65. The highest BCUT2D eigenvalue weighted by Crippen LogP contribution is 2.24. The van der Waals surface area contributed by atoms with Crippen LogP contribution in [0.4, 0.5) is 10.2 Å². The maximum Gasteiger partial charge on any atom is 0.332 e. The van der Waals surface area contributed by atoms with E-state index in [1.165, 1.54) is 21.3 Å². The molecule has 0 amide bonds. The van der Waals surface area contributed by atoms with E-state index in [1.807, 2.05) is 6.92 Å². The fourth-order valence-corrected chi connectivity index (χ4v) is 3.95. The largest absolute Gasteiger partial charge is 0.505 e. The van der Waals surface area contributed by atoms with Crippen molar-refractivity contribution >= 4 is 22.6 Å². The van der Waals surface area contributed by atoms with Crippen LogP contribution in [0.3, 0.4) is 0 Å². The summed E-state index contributed by atoms with van der Waals surface area (Å²) >= 11 is 6.05. The Labute approximate surface area is 193 Å². The maximum absolute atomic E-state index is 13.5. The molecule has 0 unspecified atom stereocenters. The second-order valence-corrected chi connectivity index (χ2v) is 8.32. The number of aromatic hydroxyl groups is 1. The van der Waals surface area contributed by atoms with Gasteiger partial charge in [-0.15, -0.1) is 0 Å². The molecule has 0 spiro atoms. The number of phenolic OH excluding ortho intramolecular Hbond substituents is 1. The van der Waals surface area contributed by atoms with E-state index in [9.17, 15) is 19.1 Å². The summed E-state index contributed by atoms with van der Waals surface area (Å²) in [6.45, 7) is 2.69. The lowest BCUT2D eigenvalue weighted by Crippen LogP contribution is -2.41. The van der Waals surface area contributed by atoms with E-state index in [0.29, 0.717) is 53.2 Å². The average molecular weight is 476 g/mol.